The molecule has 0 saturated carbocycles. The summed E-state index contributed by atoms with van der Waals surface area (Å²) >= 11 is 0. The predicted octanol–water partition coefficient (Wildman–Crippen LogP) is 2.54. The summed E-state index contributed by atoms with van der Waals surface area (Å²) in [5.74, 6) is -1.23. The average Bonchev–Trinajstić information content (AvgIpc) is 2.43. The van der Waals surface area contributed by atoms with E-state index in [1.807, 2.05) is 0 Å². The largest absolute Gasteiger partial charge is 0.386 e. The maximum atomic E-state index is 10.9. The SMILES string of the molecule is C=CC1=C(/C=C\C)C(=O)OC1=O.CCC. The molecule has 0 radical (unpaired) electrons. The van der Waals surface area contributed by atoms with E-state index in [2.05, 4.69) is 25.2 Å². The van der Waals surface area contributed by atoms with E-state index in [1.54, 1.807) is 13.0 Å². The third-order valence-corrected chi connectivity index (χ3v) is 1.45. The first kappa shape index (κ1) is 13.4. The van der Waals surface area contributed by atoms with E-state index in [4.69, 9.17) is 0 Å². The lowest BCUT2D eigenvalue weighted by Gasteiger charge is -1.86. The molecule has 1 rings (SSSR count). The number of hydrogen-bond donors (Lipinski definition) is 0. The van der Waals surface area contributed by atoms with Crippen LogP contribution in [0.3, 0.4) is 0 Å². The first-order valence-corrected chi connectivity index (χ1v) is 4.88. The van der Waals surface area contributed by atoms with Crippen LogP contribution in [0.5, 0.6) is 0 Å². The molecule has 1 aliphatic rings. The Balaban J connectivity index is 0.000000583. The van der Waals surface area contributed by atoms with Gasteiger partial charge in [-0.15, -0.1) is 0 Å². The molecular weight excluding hydrogens is 192 g/mol. The van der Waals surface area contributed by atoms with Gasteiger partial charge in [0.15, 0.2) is 0 Å². The summed E-state index contributed by atoms with van der Waals surface area (Å²) in [5.41, 5.74) is 0.510. The Morgan fingerprint density at radius 3 is 2.07 bits per heavy atom. The van der Waals surface area contributed by atoms with Crippen LogP contribution in [0, 0.1) is 0 Å². The Hall–Kier alpha value is -1.64. The second-order valence-electron chi connectivity index (χ2n) is 2.92. The molecule has 0 aromatic rings. The lowest BCUT2D eigenvalue weighted by Crippen LogP contribution is -2.01. The quantitative estimate of drug-likeness (QED) is 0.517. The monoisotopic (exact) mass is 208 g/mol. The van der Waals surface area contributed by atoms with Crippen molar-refractivity contribution in [2.45, 2.75) is 27.2 Å². The molecule has 82 valence electrons. The van der Waals surface area contributed by atoms with Crippen molar-refractivity contribution in [3.8, 4) is 0 Å². The van der Waals surface area contributed by atoms with Gasteiger partial charge in [-0.1, -0.05) is 45.1 Å². The molecule has 0 bridgehead atoms. The van der Waals surface area contributed by atoms with Crippen molar-refractivity contribution < 1.29 is 14.3 Å². The Morgan fingerprint density at radius 2 is 1.67 bits per heavy atom. The molecule has 0 unspecified atom stereocenters. The van der Waals surface area contributed by atoms with Gasteiger partial charge in [0, 0.05) is 0 Å². The summed E-state index contributed by atoms with van der Waals surface area (Å²) in [6, 6.07) is 0. The zero-order chi connectivity index (χ0) is 11.8. The molecule has 0 aromatic carbocycles. The van der Waals surface area contributed by atoms with Crippen molar-refractivity contribution in [2.24, 2.45) is 0 Å². The molecule has 0 atom stereocenters. The average molecular weight is 208 g/mol. The number of allylic oxidation sites excluding steroid dienone is 1. The van der Waals surface area contributed by atoms with Crippen LogP contribution in [0.25, 0.3) is 0 Å². The predicted molar refractivity (Wildman–Crippen MR) is 59.1 cm³/mol. The van der Waals surface area contributed by atoms with Crippen LogP contribution >= 0.6 is 0 Å². The van der Waals surface area contributed by atoms with Crippen molar-refractivity contribution in [1.82, 2.24) is 0 Å². The number of hydrogen-bond acceptors (Lipinski definition) is 3. The Bertz CT molecular complexity index is 322. The molecule has 1 aliphatic heterocycles. The third-order valence-electron chi connectivity index (χ3n) is 1.45. The Morgan fingerprint density at radius 1 is 1.20 bits per heavy atom. The van der Waals surface area contributed by atoms with E-state index in [9.17, 15) is 9.59 Å². The first-order chi connectivity index (χ1) is 7.12. The standard InChI is InChI=1S/C9H8O3.C3H8/c1-3-5-7-6(4-2)8(10)12-9(7)11;1-3-2/h3-5H,2H2,1H3;3H2,1-2H3/b5-3-;. The summed E-state index contributed by atoms with van der Waals surface area (Å²) in [6.45, 7) is 9.42. The number of esters is 2. The van der Waals surface area contributed by atoms with E-state index in [1.165, 1.54) is 18.6 Å². The molecule has 0 fully saturated rings. The van der Waals surface area contributed by atoms with Crippen molar-refractivity contribution in [1.29, 1.82) is 0 Å². The van der Waals surface area contributed by atoms with Crippen LogP contribution < -0.4 is 0 Å². The summed E-state index contributed by atoms with van der Waals surface area (Å²) in [6.07, 6.45) is 5.77. The molecule has 0 amide bonds. The van der Waals surface area contributed by atoms with E-state index >= 15 is 0 Å². The number of carbonyl (C=O) groups is 2. The lowest BCUT2D eigenvalue weighted by molar-refractivity contribution is -0.150. The minimum atomic E-state index is -0.622. The van der Waals surface area contributed by atoms with Gasteiger partial charge in [-0.3, -0.25) is 0 Å². The van der Waals surface area contributed by atoms with Gasteiger partial charge in [0.25, 0.3) is 0 Å². The molecule has 0 N–H and O–H groups in total. The van der Waals surface area contributed by atoms with Crippen LogP contribution in [-0.2, 0) is 14.3 Å². The second kappa shape index (κ2) is 6.76. The van der Waals surface area contributed by atoms with E-state index in [0.717, 1.165) is 0 Å². The minimum Gasteiger partial charge on any atom is -0.386 e. The van der Waals surface area contributed by atoms with Crippen LogP contribution in [0.1, 0.15) is 27.2 Å². The number of cyclic esters (lactones) is 2. The number of ether oxygens (including phenoxy) is 1. The molecule has 0 spiro atoms. The topological polar surface area (TPSA) is 43.4 Å². The molecule has 3 nitrogen and oxygen atoms in total. The molecule has 0 saturated heterocycles. The number of carbonyl (C=O) groups excluding carboxylic acids is 2. The fraction of sp³-hybridized carbons (Fsp3) is 0.333. The van der Waals surface area contributed by atoms with Crippen molar-refractivity contribution >= 4 is 11.9 Å². The number of rotatable bonds is 2. The molecular formula is C12H16O3. The second-order valence-corrected chi connectivity index (χ2v) is 2.92. The maximum Gasteiger partial charge on any atom is 0.346 e. The fourth-order valence-corrected chi connectivity index (χ4v) is 0.932. The summed E-state index contributed by atoms with van der Waals surface area (Å²) in [7, 11) is 0. The van der Waals surface area contributed by atoms with Gasteiger partial charge in [-0.25, -0.2) is 9.59 Å². The smallest absolute Gasteiger partial charge is 0.346 e. The van der Waals surface area contributed by atoms with Gasteiger partial charge < -0.3 is 4.74 Å². The molecule has 15 heavy (non-hydrogen) atoms. The highest BCUT2D eigenvalue weighted by molar-refractivity contribution is 6.15. The summed E-state index contributed by atoms with van der Waals surface area (Å²) in [5, 5.41) is 0. The van der Waals surface area contributed by atoms with Gasteiger partial charge in [0.2, 0.25) is 0 Å². The van der Waals surface area contributed by atoms with Gasteiger partial charge >= 0.3 is 11.9 Å². The van der Waals surface area contributed by atoms with Crippen LogP contribution in [0.4, 0.5) is 0 Å². The van der Waals surface area contributed by atoms with Gasteiger partial charge in [-0.05, 0) is 6.92 Å². The Kier molecular flexibility index (Phi) is 6.02. The molecule has 1 heterocycles. The summed E-state index contributed by atoms with van der Waals surface area (Å²) in [4.78, 5) is 21.8. The van der Waals surface area contributed by atoms with Gasteiger partial charge in [0.1, 0.15) is 0 Å². The fourth-order valence-electron chi connectivity index (χ4n) is 0.932. The minimum absolute atomic E-state index is 0.234. The highest BCUT2D eigenvalue weighted by atomic mass is 16.6. The zero-order valence-electron chi connectivity index (χ0n) is 9.37. The van der Waals surface area contributed by atoms with Crippen molar-refractivity contribution in [3.05, 3.63) is 36.0 Å². The van der Waals surface area contributed by atoms with E-state index in [-0.39, 0.29) is 11.1 Å². The lowest BCUT2D eigenvalue weighted by atomic mass is 10.1. The normalized spacial score (nSPS) is 15.1. The first-order valence-electron chi connectivity index (χ1n) is 4.88. The van der Waals surface area contributed by atoms with Crippen molar-refractivity contribution in [2.75, 3.05) is 0 Å². The van der Waals surface area contributed by atoms with Crippen LogP contribution in [-0.4, -0.2) is 11.9 Å². The summed E-state index contributed by atoms with van der Waals surface area (Å²) < 4.78 is 4.36. The highest BCUT2D eigenvalue weighted by Crippen LogP contribution is 2.18. The highest BCUT2D eigenvalue weighted by Gasteiger charge is 2.28. The molecule has 3 heteroatoms. The maximum absolute atomic E-state index is 10.9. The van der Waals surface area contributed by atoms with Gasteiger partial charge in [-0.2, -0.15) is 0 Å². The van der Waals surface area contributed by atoms with Crippen LogP contribution in [0.2, 0.25) is 0 Å². The van der Waals surface area contributed by atoms with Gasteiger partial charge in [0.05, 0.1) is 11.1 Å². The Labute approximate surface area is 90.1 Å². The zero-order valence-corrected chi connectivity index (χ0v) is 9.37. The molecule has 0 aliphatic carbocycles. The van der Waals surface area contributed by atoms with E-state index in [0.29, 0.717) is 0 Å². The third kappa shape index (κ3) is 3.54. The van der Waals surface area contributed by atoms with E-state index < -0.39 is 11.9 Å². The molecule has 0 aromatic heterocycles. The van der Waals surface area contributed by atoms with Crippen molar-refractivity contribution in [3.63, 3.8) is 0 Å². The van der Waals surface area contributed by atoms with Crippen LogP contribution in [0.15, 0.2) is 36.0 Å².